The van der Waals surface area contributed by atoms with Crippen molar-refractivity contribution in [2.24, 2.45) is 0 Å². The summed E-state index contributed by atoms with van der Waals surface area (Å²) in [6, 6.07) is 11.9. The number of benzene rings is 2. The van der Waals surface area contributed by atoms with Crippen LogP contribution in [0.5, 0.6) is 11.5 Å². The van der Waals surface area contributed by atoms with Gasteiger partial charge in [0.15, 0.2) is 0 Å². The maximum atomic E-state index is 13.2. The van der Waals surface area contributed by atoms with Gasteiger partial charge in [-0.05, 0) is 60.7 Å². The second kappa shape index (κ2) is 11.1. The van der Waals surface area contributed by atoms with Crippen LogP contribution in [0.3, 0.4) is 0 Å². The van der Waals surface area contributed by atoms with Crippen LogP contribution in [0.1, 0.15) is 62.8 Å². The number of ether oxygens (including phenoxy) is 2. The van der Waals surface area contributed by atoms with Crippen molar-refractivity contribution >= 4 is 17.4 Å². The molecule has 1 fully saturated rings. The van der Waals surface area contributed by atoms with Gasteiger partial charge < -0.3 is 19.5 Å². The molecule has 6 heteroatoms. The topological polar surface area (TPSA) is 76.1 Å². The van der Waals surface area contributed by atoms with Crippen molar-refractivity contribution in [3.05, 3.63) is 77.4 Å². The van der Waals surface area contributed by atoms with E-state index in [9.17, 15) is 14.7 Å². The zero-order valence-corrected chi connectivity index (χ0v) is 20.3. The summed E-state index contributed by atoms with van der Waals surface area (Å²) in [5.41, 5.74) is 2.18. The Morgan fingerprint density at radius 1 is 1.15 bits per heavy atom. The molecule has 180 valence electrons. The molecule has 0 spiro atoms. The van der Waals surface area contributed by atoms with Crippen LogP contribution >= 0.6 is 0 Å². The Morgan fingerprint density at radius 2 is 1.91 bits per heavy atom. The average molecular weight is 464 g/mol. The minimum absolute atomic E-state index is 0.0817. The normalized spacial score (nSPS) is 17.3. The lowest BCUT2D eigenvalue weighted by atomic mass is 9.93. The number of rotatable bonds is 10. The Labute approximate surface area is 201 Å². The Bertz CT molecular complexity index is 1100. The van der Waals surface area contributed by atoms with E-state index in [0.29, 0.717) is 43.1 Å². The predicted molar refractivity (Wildman–Crippen MR) is 133 cm³/mol. The van der Waals surface area contributed by atoms with Crippen molar-refractivity contribution in [1.82, 2.24) is 4.90 Å². The quantitative estimate of drug-likeness (QED) is 0.215. The SMILES string of the molecule is C=CCOc1cccc(C2/C(=C(\O)c3ccc(OCC)c(C(C)C)c3)C(=O)C(=O)N2CCC)c1. The molecule has 1 N–H and O–H groups in total. The first kappa shape index (κ1) is 25.1. The number of hydrogen-bond donors (Lipinski definition) is 1. The number of Topliss-reactive ketones (excluding diaryl/α,β-unsaturated/α-hetero) is 1. The molecule has 0 aliphatic carbocycles. The molecule has 2 aromatic carbocycles. The van der Waals surface area contributed by atoms with Crippen molar-refractivity contribution < 1.29 is 24.2 Å². The maximum absolute atomic E-state index is 13.2. The molecule has 1 atom stereocenters. The molecule has 1 amide bonds. The fourth-order valence-electron chi connectivity index (χ4n) is 4.22. The molecular weight excluding hydrogens is 430 g/mol. The van der Waals surface area contributed by atoms with Gasteiger partial charge in [0, 0.05) is 12.1 Å². The minimum Gasteiger partial charge on any atom is -0.507 e. The van der Waals surface area contributed by atoms with Crippen molar-refractivity contribution in [3.63, 3.8) is 0 Å². The van der Waals surface area contributed by atoms with Gasteiger partial charge in [-0.1, -0.05) is 45.6 Å². The van der Waals surface area contributed by atoms with Crippen molar-refractivity contribution in [2.45, 2.75) is 46.1 Å². The smallest absolute Gasteiger partial charge is 0.295 e. The van der Waals surface area contributed by atoms with Crippen LogP contribution in [-0.2, 0) is 9.59 Å². The van der Waals surface area contributed by atoms with Crippen LogP contribution in [0.25, 0.3) is 5.76 Å². The largest absolute Gasteiger partial charge is 0.507 e. The highest BCUT2D eigenvalue weighted by Gasteiger charge is 2.45. The number of aliphatic hydroxyl groups excluding tert-OH is 1. The van der Waals surface area contributed by atoms with Gasteiger partial charge in [0.2, 0.25) is 0 Å². The third-order valence-electron chi connectivity index (χ3n) is 5.75. The van der Waals surface area contributed by atoms with Gasteiger partial charge in [-0.25, -0.2) is 0 Å². The van der Waals surface area contributed by atoms with E-state index < -0.39 is 17.7 Å². The van der Waals surface area contributed by atoms with E-state index in [1.54, 1.807) is 30.3 Å². The van der Waals surface area contributed by atoms with Crippen LogP contribution in [-0.4, -0.2) is 41.5 Å². The van der Waals surface area contributed by atoms with E-state index in [1.807, 2.05) is 45.9 Å². The highest BCUT2D eigenvalue weighted by molar-refractivity contribution is 6.46. The first-order chi connectivity index (χ1) is 16.3. The molecule has 0 radical (unpaired) electrons. The summed E-state index contributed by atoms with van der Waals surface area (Å²) in [7, 11) is 0. The van der Waals surface area contributed by atoms with Gasteiger partial charge in [0.25, 0.3) is 11.7 Å². The molecule has 0 bridgehead atoms. The molecule has 1 unspecified atom stereocenters. The highest BCUT2D eigenvalue weighted by atomic mass is 16.5. The standard InChI is InChI=1S/C28H33NO5/c1-6-14-29-25(19-10-9-11-21(16-19)34-15-7-2)24(27(31)28(29)32)26(30)20-12-13-23(33-8-3)22(17-20)18(4)5/h7,9-13,16-18,25,30H,2,6,8,14-15H2,1,3-5H3/b26-24+. The molecule has 0 saturated carbocycles. The number of aliphatic hydroxyl groups is 1. The van der Waals surface area contributed by atoms with Crippen molar-refractivity contribution in [3.8, 4) is 11.5 Å². The molecule has 34 heavy (non-hydrogen) atoms. The van der Waals surface area contributed by atoms with E-state index in [2.05, 4.69) is 6.58 Å². The molecule has 1 heterocycles. The Kier molecular flexibility index (Phi) is 8.16. The van der Waals surface area contributed by atoms with Crippen LogP contribution in [0.4, 0.5) is 0 Å². The molecule has 2 aromatic rings. The molecule has 6 nitrogen and oxygen atoms in total. The fourth-order valence-corrected chi connectivity index (χ4v) is 4.22. The van der Waals surface area contributed by atoms with E-state index in [0.717, 1.165) is 11.3 Å². The lowest BCUT2D eigenvalue weighted by Gasteiger charge is -2.25. The van der Waals surface area contributed by atoms with Crippen LogP contribution in [0.2, 0.25) is 0 Å². The fraction of sp³-hybridized carbons (Fsp3) is 0.357. The molecule has 1 saturated heterocycles. The Hall–Kier alpha value is -3.54. The summed E-state index contributed by atoms with van der Waals surface area (Å²) in [5.74, 6) is -0.00321. The average Bonchev–Trinajstić information content (AvgIpc) is 3.08. The summed E-state index contributed by atoms with van der Waals surface area (Å²) in [4.78, 5) is 27.6. The number of carbonyl (C=O) groups excluding carboxylic acids is 2. The van der Waals surface area contributed by atoms with Gasteiger partial charge in [-0.2, -0.15) is 0 Å². The van der Waals surface area contributed by atoms with Gasteiger partial charge >= 0.3 is 0 Å². The summed E-state index contributed by atoms with van der Waals surface area (Å²) < 4.78 is 11.4. The van der Waals surface area contributed by atoms with Gasteiger partial charge in [-0.15, -0.1) is 0 Å². The lowest BCUT2D eigenvalue weighted by molar-refractivity contribution is -0.139. The number of likely N-dealkylation sites (tertiary alicyclic amines) is 1. The van der Waals surface area contributed by atoms with Crippen LogP contribution in [0, 0.1) is 0 Å². The summed E-state index contributed by atoms with van der Waals surface area (Å²) in [5, 5.41) is 11.4. The molecule has 0 aromatic heterocycles. The first-order valence-electron chi connectivity index (χ1n) is 11.7. The number of ketones is 1. The number of carbonyl (C=O) groups is 2. The second-order valence-electron chi connectivity index (χ2n) is 8.50. The van der Waals surface area contributed by atoms with E-state index >= 15 is 0 Å². The number of amides is 1. The zero-order chi connectivity index (χ0) is 24.8. The monoisotopic (exact) mass is 463 g/mol. The van der Waals surface area contributed by atoms with Gasteiger partial charge in [0.05, 0.1) is 18.2 Å². The highest BCUT2D eigenvalue weighted by Crippen LogP contribution is 2.41. The summed E-state index contributed by atoms with van der Waals surface area (Å²) >= 11 is 0. The van der Waals surface area contributed by atoms with Crippen molar-refractivity contribution in [2.75, 3.05) is 19.8 Å². The van der Waals surface area contributed by atoms with Gasteiger partial charge in [0.1, 0.15) is 23.9 Å². The minimum atomic E-state index is -0.707. The molecular formula is C28H33NO5. The number of nitrogens with zero attached hydrogens (tertiary/aromatic N) is 1. The molecule has 3 rings (SSSR count). The summed E-state index contributed by atoms with van der Waals surface area (Å²) in [6.45, 7) is 12.9. The summed E-state index contributed by atoms with van der Waals surface area (Å²) in [6.07, 6.45) is 2.32. The van der Waals surface area contributed by atoms with Crippen LogP contribution in [0.15, 0.2) is 60.7 Å². The number of hydrogen-bond acceptors (Lipinski definition) is 5. The van der Waals surface area contributed by atoms with Gasteiger partial charge in [-0.3, -0.25) is 9.59 Å². The first-order valence-corrected chi connectivity index (χ1v) is 11.7. The van der Waals surface area contributed by atoms with E-state index in [1.165, 1.54) is 4.90 Å². The van der Waals surface area contributed by atoms with E-state index in [-0.39, 0.29) is 17.3 Å². The second-order valence-corrected chi connectivity index (χ2v) is 8.50. The zero-order valence-electron chi connectivity index (χ0n) is 20.3. The van der Waals surface area contributed by atoms with Crippen molar-refractivity contribution in [1.29, 1.82) is 0 Å². The third kappa shape index (κ3) is 5.01. The van der Waals surface area contributed by atoms with Crippen LogP contribution < -0.4 is 9.47 Å². The third-order valence-corrected chi connectivity index (χ3v) is 5.75. The molecule has 1 aliphatic heterocycles. The predicted octanol–water partition coefficient (Wildman–Crippen LogP) is 5.61. The lowest BCUT2D eigenvalue weighted by Crippen LogP contribution is -2.30. The van der Waals surface area contributed by atoms with E-state index in [4.69, 9.17) is 9.47 Å². The molecule has 1 aliphatic rings. The Morgan fingerprint density at radius 3 is 2.56 bits per heavy atom. The maximum Gasteiger partial charge on any atom is 0.295 e. The Balaban J connectivity index is 2.17.